The van der Waals surface area contributed by atoms with E-state index in [4.69, 9.17) is 4.74 Å². The van der Waals surface area contributed by atoms with Crippen molar-refractivity contribution in [1.82, 2.24) is 0 Å². The van der Waals surface area contributed by atoms with E-state index in [2.05, 4.69) is 0 Å². The van der Waals surface area contributed by atoms with Crippen LogP contribution in [-0.4, -0.2) is 12.0 Å². The van der Waals surface area contributed by atoms with Gasteiger partial charge in [0.2, 0.25) is 0 Å². The van der Waals surface area contributed by atoms with E-state index in [0.29, 0.717) is 0 Å². The minimum atomic E-state index is -0.402. The summed E-state index contributed by atoms with van der Waals surface area (Å²) in [7, 11) is 1.61. The maximum absolute atomic E-state index is 10.7. The number of ether oxygens (including phenoxy) is 1. The normalized spacial score (nSPS) is 10.6. The van der Waals surface area contributed by atoms with Gasteiger partial charge in [0.1, 0.15) is 5.75 Å². The molecule has 2 rings (SSSR count). The van der Waals surface area contributed by atoms with Gasteiger partial charge >= 0.3 is 0 Å². The second-order valence-corrected chi connectivity index (χ2v) is 3.93. The molecule has 0 bridgehead atoms. The van der Waals surface area contributed by atoms with E-state index in [0.717, 1.165) is 16.9 Å². The van der Waals surface area contributed by atoms with Gasteiger partial charge in [0.15, 0.2) is 0 Å². The third kappa shape index (κ3) is 3.19. The van der Waals surface area contributed by atoms with Crippen molar-refractivity contribution in [1.29, 1.82) is 0 Å². The van der Waals surface area contributed by atoms with E-state index in [-0.39, 0.29) is 5.69 Å². The minimum Gasteiger partial charge on any atom is -0.496 e. The molecule has 0 saturated heterocycles. The van der Waals surface area contributed by atoms with Gasteiger partial charge in [0.05, 0.1) is 12.0 Å². The van der Waals surface area contributed by atoms with Crippen LogP contribution in [0.4, 0.5) is 5.69 Å². The number of nitro groups is 1. The molecule has 2 aromatic carbocycles. The summed E-state index contributed by atoms with van der Waals surface area (Å²) >= 11 is 0. The molecular formula is C15H13NO3. The molecule has 2 aromatic rings. The topological polar surface area (TPSA) is 52.4 Å². The van der Waals surface area contributed by atoms with Crippen LogP contribution in [0.3, 0.4) is 0 Å². The first kappa shape index (κ1) is 12.8. The van der Waals surface area contributed by atoms with Crippen LogP contribution in [0.2, 0.25) is 0 Å². The lowest BCUT2D eigenvalue weighted by molar-refractivity contribution is -0.384. The molecule has 0 aliphatic rings. The van der Waals surface area contributed by atoms with E-state index in [1.807, 2.05) is 42.5 Å². The molecule has 0 unspecified atom stereocenters. The number of para-hydroxylation sites is 1. The second kappa shape index (κ2) is 5.82. The zero-order valence-electron chi connectivity index (χ0n) is 10.4. The van der Waals surface area contributed by atoms with Crippen molar-refractivity contribution in [2.24, 2.45) is 0 Å². The van der Waals surface area contributed by atoms with Crippen LogP contribution in [0.5, 0.6) is 5.75 Å². The number of benzene rings is 2. The zero-order valence-corrected chi connectivity index (χ0v) is 10.4. The van der Waals surface area contributed by atoms with Gasteiger partial charge in [-0.15, -0.1) is 0 Å². The Hall–Kier alpha value is -2.62. The molecule has 0 aromatic heterocycles. The van der Waals surface area contributed by atoms with E-state index in [1.54, 1.807) is 13.2 Å². The molecule has 96 valence electrons. The van der Waals surface area contributed by atoms with Gasteiger partial charge in [-0.1, -0.05) is 42.5 Å². The molecule has 0 amide bonds. The van der Waals surface area contributed by atoms with E-state index in [1.165, 1.54) is 12.1 Å². The quantitative estimate of drug-likeness (QED) is 0.474. The molecule has 0 fully saturated rings. The first-order valence-electron chi connectivity index (χ1n) is 5.76. The average molecular weight is 255 g/mol. The van der Waals surface area contributed by atoms with E-state index >= 15 is 0 Å². The molecule has 0 heterocycles. The molecule has 0 aliphatic heterocycles. The van der Waals surface area contributed by atoms with Crippen molar-refractivity contribution in [2.45, 2.75) is 0 Å². The predicted octanol–water partition coefficient (Wildman–Crippen LogP) is 3.77. The highest BCUT2D eigenvalue weighted by Crippen LogP contribution is 2.21. The van der Waals surface area contributed by atoms with Gasteiger partial charge in [-0.2, -0.15) is 0 Å². The highest BCUT2D eigenvalue weighted by molar-refractivity contribution is 5.73. The average Bonchev–Trinajstić information content (AvgIpc) is 2.45. The van der Waals surface area contributed by atoms with Gasteiger partial charge < -0.3 is 4.74 Å². The number of nitro benzene ring substituents is 1. The zero-order chi connectivity index (χ0) is 13.7. The smallest absolute Gasteiger partial charge is 0.270 e. The molecule has 4 heteroatoms. The molecule has 0 saturated carbocycles. The second-order valence-electron chi connectivity index (χ2n) is 3.93. The summed E-state index contributed by atoms with van der Waals surface area (Å²) in [5.41, 5.74) is 1.79. The van der Waals surface area contributed by atoms with Gasteiger partial charge in [-0.3, -0.25) is 10.1 Å². The van der Waals surface area contributed by atoms with Crippen molar-refractivity contribution in [3.8, 4) is 5.75 Å². The van der Waals surface area contributed by atoms with Crippen molar-refractivity contribution >= 4 is 17.8 Å². The lowest BCUT2D eigenvalue weighted by Crippen LogP contribution is -1.87. The maximum Gasteiger partial charge on any atom is 0.270 e. The van der Waals surface area contributed by atoms with E-state index < -0.39 is 4.92 Å². The molecule has 0 radical (unpaired) electrons. The Morgan fingerprint density at radius 3 is 2.63 bits per heavy atom. The molecule has 0 aliphatic carbocycles. The molecule has 19 heavy (non-hydrogen) atoms. The van der Waals surface area contributed by atoms with Crippen LogP contribution in [0, 0.1) is 10.1 Å². The third-order valence-electron chi connectivity index (χ3n) is 2.68. The number of hydrogen-bond donors (Lipinski definition) is 0. The van der Waals surface area contributed by atoms with Gasteiger partial charge in [-0.05, 0) is 11.6 Å². The van der Waals surface area contributed by atoms with Crippen molar-refractivity contribution in [3.05, 3.63) is 69.8 Å². The van der Waals surface area contributed by atoms with Gasteiger partial charge in [0.25, 0.3) is 5.69 Å². The van der Waals surface area contributed by atoms with Crippen LogP contribution in [0.1, 0.15) is 11.1 Å². The Kier molecular flexibility index (Phi) is 3.93. The summed E-state index contributed by atoms with van der Waals surface area (Å²) < 4.78 is 5.24. The molecule has 0 N–H and O–H groups in total. The number of methoxy groups -OCH3 is 1. The molecule has 0 atom stereocenters. The van der Waals surface area contributed by atoms with Crippen molar-refractivity contribution < 1.29 is 9.66 Å². The summed E-state index contributed by atoms with van der Waals surface area (Å²) in [6.45, 7) is 0. The first-order chi connectivity index (χ1) is 9.20. The minimum absolute atomic E-state index is 0.0853. The van der Waals surface area contributed by atoms with Crippen LogP contribution in [0.25, 0.3) is 12.2 Å². The fourth-order valence-corrected chi connectivity index (χ4v) is 1.73. The molecule has 0 spiro atoms. The van der Waals surface area contributed by atoms with Crippen LogP contribution < -0.4 is 4.74 Å². The molecular weight excluding hydrogens is 242 g/mol. The SMILES string of the molecule is COc1ccccc1/C=C/c1cccc([N+](=O)[O-])c1. The summed E-state index contributed by atoms with van der Waals surface area (Å²) in [5.74, 6) is 0.768. The monoisotopic (exact) mass is 255 g/mol. The standard InChI is InChI=1S/C15H13NO3/c1-19-15-8-3-2-6-13(15)10-9-12-5-4-7-14(11-12)16(17)18/h2-11H,1H3/b10-9+. The Labute approximate surface area is 111 Å². The number of rotatable bonds is 4. The highest BCUT2D eigenvalue weighted by Gasteiger charge is 2.04. The Balaban J connectivity index is 2.27. The fraction of sp³-hybridized carbons (Fsp3) is 0.0667. The number of nitrogens with zero attached hydrogens (tertiary/aromatic N) is 1. The number of non-ortho nitro benzene ring substituents is 1. The predicted molar refractivity (Wildman–Crippen MR) is 75.0 cm³/mol. The Morgan fingerprint density at radius 2 is 1.89 bits per heavy atom. The van der Waals surface area contributed by atoms with Crippen LogP contribution >= 0.6 is 0 Å². The Morgan fingerprint density at radius 1 is 1.11 bits per heavy atom. The first-order valence-corrected chi connectivity index (χ1v) is 5.76. The van der Waals surface area contributed by atoms with Gasteiger partial charge in [0, 0.05) is 17.7 Å². The summed E-state index contributed by atoms with van der Waals surface area (Å²) in [6, 6.07) is 14.1. The summed E-state index contributed by atoms with van der Waals surface area (Å²) in [4.78, 5) is 10.3. The summed E-state index contributed by atoms with van der Waals surface area (Å²) in [6.07, 6.45) is 3.70. The van der Waals surface area contributed by atoms with Crippen LogP contribution in [0.15, 0.2) is 48.5 Å². The lowest BCUT2D eigenvalue weighted by Gasteiger charge is -2.03. The van der Waals surface area contributed by atoms with Crippen LogP contribution in [-0.2, 0) is 0 Å². The van der Waals surface area contributed by atoms with E-state index in [9.17, 15) is 10.1 Å². The third-order valence-corrected chi connectivity index (χ3v) is 2.68. The maximum atomic E-state index is 10.7. The Bertz CT molecular complexity index is 620. The lowest BCUT2D eigenvalue weighted by atomic mass is 10.1. The van der Waals surface area contributed by atoms with Crippen molar-refractivity contribution in [3.63, 3.8) is 0 Å². The fourth-order valence-electron chi connectivity index (χ4n) is 1.73. The number of hydrogen-bond acceptors (Lipinski definition) is 3. The molecule has 4 nitrogen and oxygen atoms in total. The summed E-state index contributed by atoms with van der Waals surface area (Å²) in [5, 5.41) is 10.7. The van der Waals surface area contributed by atoms with Crippen molar-refractivity contribution in [2.75, 3.05) is 7.11 Å². The van der Waals surface area contributed by atoms with Gasteiger partial charge in [-0.25, -0.2) is 0 Å². The highest BCUT2D eigenvalue weighted by atomic mass is 16.6. The largest absolute Gasteiger partial charge is 0.496 e.